The molecule has 0 saturated carbocycles. The summed E-state index contributed by atoms with van der Waals surface area (Å²) in [7, 11) is 0. The van der Waals surface area contributed by atoms with Gasteiger partial charge in [0.25, 0.3) is 0 Å². The zero-order valence-corrected chi connectivity index (χ0v) is 33.9. The highest BCUT2D eigenvalue weighted by Gasteiger charge is 2.20. The van der Waals surface area contributed by atoms with Crippen LogP contribution in [0, 0.1) is 0 Å². The molecule has 0 atom stereocenters. The second-order valence-corrected chi connectivity index (χ2v) is 16.3. The van der Waals surface area contributed by atoms with Crippen molar-refractivity contribution in [1.29, 1.82) is 0 Å². The third-order valence-corrected chi connectivity index (χ3v) is 12.5. The number of thiophene rings is 1. The van der Waals surface area contributed by atoms with Crippen molar-refractivity contribution >= 4 is 53.6 Å². The Balaban J connectivity index is 0.965. The molecule has 7 heteroatoms. The maximum absolute atomic E-state index is 6.49. The van der Waals surface area contributed by atoms with E-state index in [0.717, 1.165) is 83.0 Å². The summed E-state index contributed by atoms with van der Waals surface area (Å²) in [6.07, 6.45) is 0. The topological polar surface area (TPSA) is 77.6 Å². The number of rotatable bonds is 7. The molecule has 12 rings (SSSR count). The van der Waals surface area contributed by atoms with Gasteiger partial charge in [-0.15, -0.1) is 11.3 Å². The second-order valence-electron chi connectivity index (χ2n) is 15.2. The summed E-state index contributed by atoms with van der Waals surface area (Å²) in [6, 6.07) is 68.8. The van der Waals surface area contributed by atoms with Crippen LogP contribution in [-0.2, 0) is 0 Å². The van der Waals surface area contributed by atoms with Crippen molar-refractivity contribution in [3.05, 3.63) is 200 Å². The van der Waals surface area contributed by atoms with Gasteiger partial charge in [-0.25, -0.2) is 24.9 Å². The van der Waals surface area contributed by atoms with Gasteiger partial charge >= 0.3 is 0 Å². The Morgan fingerprint density at radius 3 is 1.63 bits per heavy atom. The number of benzene rings is 8. The SMILES string of the molecule is c1ccc(-c2cccc(-c3nc(-c4cccc(-c5ccc6c(c5)sc5cccc(-c7nc(-c8ccccc8)nc(-c8ccccc8)n7)c56)c4)nc4c3oc3ccccc34)c2)cc1. The molecule has 0 aliphatic heterocycles. The Kier molecular flexibility index (Phi) is 8.57. The normalized spacial score (nSPS) is 11.5. The van der Waals surface area contributed by atoms with Gasteiger partial charge in [-0.3, -0.25) is 0 Å². The van der Waals surface area contributed by atoms with Gasteiger partial charge in [0.15, 0.2) is 28.9 Å². The van der Waals surface area contributed by atoms with Crippen molar-refractivity contribution in [3.8, 4) is 79.1 Å². The fourth-order valence-electron chi connectivity index (χ4n) is 8.35. The van der Waals surface area contributed by atoms with Crippen LogP contribution in [0.1, 0.15) is 0 Å². The molecule has 8 aromatic carbocycles. The number of aromatic nitrogens is 5. The Labute approximate surface area is 360 Å². The molecule has 0 radical (unpaired) electrons. The summed E-state index contributed by atoms with van der Waals surface area (Å²) in [5.41, 5.74) is 12.2. The van der Waals surface area contributed by atoms with E-state index in [1.165, 1.54) is 9.40 Å². The summed E-state index contributed by atoms with van der Waals surface area (Å²) in [5.74, 6) is 2.57. The summed E-state index contributed by atoms with van der Waals surface area (Å²) in [4.78, 5) is 25.5. The summed E-state index contributed by atoms with van der Waals surface area (Å²) >= 11 is 1.78. The van der Waals surface area contributed by atoms with Gasteiger partial charge in [-0.1, -0.05) is 164 Å². The first-order valence-corrected chi connectivity index (χ1v) is 21.3. The minimum atomic E-state index is 0.640. The average molecular weight is 812 g/mol. The van der Waals surface area contributed by atoms with Crippen LogP contribution in [0.5, 0.6) is 0 Å². The Hall–Kier alpha value is -8.13. The third kappa shape index (κ3) is 6.31. The van der Waals surface area contributed by atoms with E-state index in [4.69, 9.17) is 29.3 Å². The smallest absolute Gasteiger partial charge is 0.180 e. The van der Waals surface area contributed by atoms with Gasteiger partial charge in [0.05, 0.1) is 0 Å². The Morgan fingerprint density at radius 1 is 0.339 bits per heavy atom. The van der Waals surface area contributed by atoms with Gasteiger partial charge < -0.3 is 4.42 Å². The monoisotopic (exact) mass is 811 g/mol. The van der Waals surface area contributed by atoms with E-state index in [2.05, 4.69) is 115 Å². The number of fused-ring (bicyclic) bond motifs is 6. The maximum Gasteiger partial charge on any atom is 0.180 e. The number of hydrogen-bond acceptors (Lipinski definition) is 7. The highest BCUT2D eigenvalue weighted by atomic mass is 32.1. The molecule has 0 aliphatic carbocycles. The van der Waals surface area contributed by atoms with Crippen LogP contribution in [0.15, 0.2) is 205 Å². The van der Waals surface area contributed by atoms with E-state index in [-0.39, 0.29) is 0 Å². The van der Waals surface area contributed by atoms with Gasteiger partial charge in [-0.2, -0.15) is 0 Å². The van der Waals surface area contributed by atoms with E-state index in [1.807, 2.05) is 84.9 Å². The van der Waals surface area contributed by atoms with Crippen molar-refractivity contribution < 1.29 is 4.42 Å². The van der Waals surface area contributed by atoms with Crippen LogP contribution in [0.4, 0.5) is 0 Å². The highest BCUT2D eigenvalue weighted by Crippen LogP contribution is 2.42. The molecule has 4 heterocycles. The molecule has 0 saturated heterocycles. The van der Waals surface area contributed by atoms with Crippen molar-refractivity contribution in [2.24, 2.45) is 0 Å². The molecule has 0 fully saturated rings. The minimum absolute atomic E-state index is 0.640. The maximum atomic E-state index is 6.49. The fraction of sp³-hybridized carbons (Fsp3) is 0. The molecule has 0 spiro atoms. The van der Waals surface area contributed by atoms with Crippen LogP contribution in [0.3, 0.4) is 0 Å². The first-order chi connectivity index (χ1) is 30.7. The molecule has 0 N–H and O–H groups in total. The lowest BCUT2D eigenvalue weighted by atomic mass is 9.99. The van der Waals surface area contributed by atoms with E-state index < -0.39 is 0 Å². The zero-order valence-electron chi connectivity index (χ0n) is 33.1. The first kappa shape index (κ1) is 35.8. The molecule has 0 amide bonds. The van der Waals surface area contributed by atoms with Crippen LogP contribution < -0.4 is 0 Å². The van der Waals surface area contributed by atoms with Crippen molar-refractivity contribution in [2.75, 3.05) is 0 Å². The largest absolute Gasteiger partial charge is 0.452 e. The van der Waals surface area contributed by atoms with E-state index in [0.29, 0.717) is 28.9 Å². The van der Waals surface area contributed by atoms with Crippen molar-refractivity contribution in [1.82, 2.24) is 24.9 Å². The first-order valence-electron chi connectivity index (χ1n) is 20.5. The molecule has 290 valence electrons. The lowest BCUT2D eigenvalue weighted by Crippen LogP contribution is -2.00. The quantitative estimate of drug-likeness (QED) is 0.160. The summed E-state index contributed by atoms with van der Waals surface area (Å²) in [6.45, 7) is 0. The highest BCUT2D eigenvalue weighted by molar-refractivity contribution is 7.26. The summed E-state index contributed by atoms with van der Waals surface area (Å²) < 4.78 is 8.84. The third-order valence-electron chi connectivity index (χ3n) is 11.4. The Morgan fingerprint density at radius 2 is 0.887 bits per heavy atom. The van der Waals surface area contributed by atoms with Gasteiger partial charge in [0.2, 0.25) is 0 Å². The van der Waals surface area contributed by atoms with E-state index in [1.54, 1.807) is 11.3 Å². The predicted octanol–water partition coefficient (Wildman–Crippen LogP) is 14.6. The fourth-order valence-corrected chi connectivity index (χ4v) is 9.52. The Bertz CT molecular complexity index is 3580. The number of furan rings is 1. The van der Waals surface area contributed by atoms with Crippen LogP contribution in [0.2, 0.25) is 0 Å². The lowest BCUT2D eigenvalue weighted by molar-refractivity contribution is 0.667. The van der Waals surface area contributed by atoms with Gasteiger partial charge in [-0.05, 0) is 58.7 Å². The molecule has 0 unspecified atom stereocenters. The van der Waals surface area contributed by atoms with Crippen LogP contribution in [-0.4, -0.2) is 24.9 Å². The molecular weight excluding hydrogens is 779 g/mol. The molecule has 6 nitrogen and oxygen atoms in total. The number of nitrogens with zero attached hydrogens (tertiary/aromatic N) is 5. The molecule has 0 aliphatic rings. The number of hydrogen-bond donors (Lipinski definition) is 0. The van der Waals surface area contributed by atoms with Crippen LogP contribution in [0.25, 0.3) is 121 Å². The molecule has 0 bridgehead atoms. The van der Waals surface area contributed by atoms with Gasteiger partial charge in [0.1, 0.15) is 16.8 Å². The molecule has 4 aromatic heterocycles. The molecule has 62 heavy (non-hydrogen) atoms. The standard InChI is InChI=1S/C55H33N5OS/c1-4-15-34(16-5-1)37-21-12-23-40(31-37)49-51-50(42-25-10-11-27-45(42)61-51)57-54(56-49)41-24-13-22-38(32-41)39-29-30-43-47(33-39)62-46-28-14-26-44(48(43)46)55-59-52(35-17-6-2-7-18-35)58-53(60-55)36-19-8-3-9-20-36/h1-33H. The second kappa shape index (κ2) is 14.9. The number of para-hydroxylation sites is 1. The van der Waals surface area contributed by atoms with Gasteiger partial charge in [0, 0.05) is 53.4 Å². The lowest BCUT2D eigenvalue weighted by Gasteiger charge is -2.10. The van der Waals surface area contributed by atoms with E-state index in [9.17, 15) is 0 Å². The summed E-state index contributed by atoms with van der Waals surface area (Å²) in [5, 5.41) is 3.25. The van der Waals surface area contributed by atoms with Crippen molar-refractivity contribution in [2.45, 2.75) is 0 Å². The predicted molar refractivity (Wildman–Crippen MR) is 254 cm³/mol. The molecular formula is C55H33N5OS. The average Bonchev–Trinajstić information content (AvgIpc) is 3.93. The zero-order chi connectivity index (χ0) is 41.0. The minimum Gasteiger partial charge on any atom is -0.452 e. The van der Waals surface area contributed by atoms with Crippen molar-refractivity contribution in [3.63, 3.8) is 0 Å². The molecule has 12 aromatic rings. The van der Waals surface area contributed by atoms with E-state index >= 15 is 0 Å². The van der Waals surface area contributed by atoms with Crippen LogP contribution >= 0.6 is 11.3 Å².